The number of alkyl halides is 1. The monoisotopic (exact) mass is 357 g/mol. The predicted molar refractivity (Wildman–Crippen MR) is 96.5 cm³/mol. The van der Waals surface area contributed by atoms with Crippen molar-refractivity contribution in [1.29, 1.82) is 0 Å². The summed E-state index contributed by atoms with van der Waals surface area (Å²) in [7, 11) is 0. The molecule has 0 amide bonds. The third kappa shape index (κ3) is 4.10. The van der Waals surface area contributed by atoms with Crippen LogP contribution in [0.25, 0.3) is 5.69 Å². The molecular formula is C15H13Cl2NOS2. The summed E-state index contributed by atoms with van der Waals surface area (Å²) < 4.78 is 2.07. The van der Waals surface area contributed by atoms with Crippen molar-refractivity contribution in [1.82, 2.24) is 4.57 Å². The lowest BCUT2D eigenvalue weighted by molar-refractivity contribution is 0.987. The lowest BCUT2D eigenvalue weighted by Gasteiger charge is -2.10. The zero-order valence-electron chi connectivity index (χ0n) is 11.1. The number of rotatable bonds is 5. The van der Waals surface area contributed by atoms with Gasteiger partial charge in [0.1, 0.15) is 0 Å². The predicted octanol–water partition coefficient (Wildman–Crippen LogP) is 4.53. The van der Waals surface area contributed by atoms with E-state index in [4.69, 9.17) is 35.4 Å². The maximum Gasteiger partial charge on any atom is 0.265 e. The van der Waals surface area contributed by atoms with E-state index in [1.165, 1.54) is 11.8 Å². The van der Waals surface area contributed by atoms with Crippen LogP contribution in [0, 0.1) is 0 Å². The molecule has 0 saturated carbocycles. The minimum atomic E-state index is -0.197. The first-order chi connectivity index (χ1) is 10.1. The number of nitrogens with zero attached hydrogens (tertiary/aromatic N) is 1. The molecule has 0 spiro atoms. The number of thiocarbonyl (C=S) groups is 1. The van der Waals surface area contributed by atoms with Gasteiger partial charge in [-0.05, 0) is 30.4 Å². The Morgan fingerprint density at radius 1 is 1.24 bits per heavy atom. The molecule has 0 N–H and O–H groups in total. The van der Waals surface area contributed by atoms with E-state index in [-0.39, 0.29) is 5.56 Å². The molecule has 0 fully saturated rings. The maximum atomic E-state index is 12.6. The van der Waals surface area contributed by atoms with Crippen LogP contribution in [-0.4, -0.2) is 20.4 Å². The smallest absolute Gasteiger partial charge is 0.265 e. The van der Waals surface area contributed by atoms with Gasteiger partial charge in [0, 0.05) is 17.8 Å². The fourth-order valence-corrected chi connectivity index (χ4v) is 3.68. The largest absolute Gasteiger partial charge is 0.284 e. The minimum absolute atomic E-state index is 0.197. The molecule has 0 saturated heterocycles. The van der Waals surface area contributed by atoms with Gasteiger partial charge >= 0.3 is 0 Å². The van der Waals surface area contributed by atoms with Crippen LogP contribution in [0.3, 0.4) is 0 Å². The second-order valence-electron chi connectivity index (χ2n) is 4.23. The van der Waals surface area contributed by atoms with Gasteiger partial charge in [-0.2, -0.15) is 0 Å². The molecule has 6 heteroatoms. The van der Waals surface area contributed by atoms with Crippen LogP contribution in [0.5, 0.6) is 0 Å². The zero-order valence-corrected chi connectivity index (χ0v) is 14.2. The topological polar surface area (TPSA) is 22.0 Å². The van der Waals surface area contributed by atoms with Crippen LogP contribution in [0.4, 0.5) is 0 Å². The molecule has 0 unspecified atom stereocenters. The molecule has 0 aliphatic carbocycles. The van der Waals surface area contributed by atoms with E-state index in [1.807, 2.05) is 30.3 Å². The van der Waals surface area contributed by atoms with Gasteiger partial charge in [0.2, 0.25) is 0 Å². The summed E-state index contributed by atoms with van der Waals surface area (Å²) in [6.07, 6.45) is 2.50. The van der Waals surface area contributed by atoms with E-state index >= 15 is 0 Å². The second kappa shape index (κ2) is 7.99. The summed E-state index contributed by atoms with van der Waals surface area (Å²) in [5.74, 6) is 1.35. The number of thioether (sulfide) groups is 1. The molecule has 0 bridgehead atoms. The maximum absolute atomic E-state index is 12.6. The molecule has 2 rings (SSSR count). The molecule has 2 nitrogen and oxygen atoms in total. The number of aromatic nitrogens is 1. The third-order valence-electron chi connectivity index (χ3n) is 2.79. The molecule has 1 heterocycles. The highest BCUT2D eigenvalue weighted by molar-refractivity contribution is 8.23. The van der Waals surface area contributed by atoms with Crippen LogP contribution in [0.1, 0.15) is 12.0 Å². The Morgan fingerprint density at radius 3 is 2.62 bits per heavy atom. The van der Waals surface area contributed by atoms with Crippen LogP contribution in [0.2, 0.25) is 5.02 Å². The molecule has 1 aromatic carbocycles. The Balaban J connectivity index is 2.38. The van der Waals surface area contributed by atoms with Crippen LogP contribution >= 0.6 is 47.2 Å². The van der Waals surface area contributed by atoms with E-state index in [0.29, 0.717) is 20.7 Å². The van der Waals surface area contributed by atoms with Crippen molar-refractivity contribution in [2.45, 2.75) is 6.42 Å². The Bertz CT molecular complexity index is 686. The van der Waals surface area contributed by atoms with Crippen LogP contribution in [-0.2, 0) is 0 Å². The van der Waals surface area contributed by atoms with E-state index in [2.05, 4.69) is 0 Å². The number of benzene rings is 1. The first-order valence-electron chi connectivity index (χ1n) is 6.35. The van der Waals surface area contributed by atoms with Gasteiger partial charge in [-0.1, -0.05) is 42.0 Å². The Kier molecular flexibility index (Phi) is 6.30. The summed E-state index contributed by atoms with van der Waals surface area (Å²) in [6.45, 7) is 0. The van der Waals surface area contributed by atoms with Crippen molar-refractivity contribution >= 4 is 51.4 Å². The van der Waals surface area contributed by atoms with Crippen LogP contribution in [0.15, 0.2) is 47.4 Å². The highest BCUT2D eigenvalue weighted by Crippen LogP contribution is 2.20. The summed E-state index contributed by atoms with van der Waals surface area (Å²) >= 11 is 18.6. The van der Waals surface area contributed by atoms with E-state index < -0.39 is 0 Å². The summed E-state index contributed by atoms with van der Waals surface area (Å²) in [6, 6.07) is 11.1. The van der Waals surface area contributed by atoms with Gasteiger partial charge in [-0.3, -0.25) is 9.36 Å². The fraction of sp³-hybridized carbons (Fsp3) is 0.200. The van der Waals surface area contributed by atoms with Gasteiger partial charge in [0.05, 0.1) is 14.8 Å². The lowest BCUT2D eigenvalue weighted by atomic mass is 10.2. The van der Waals surface area contributed by atoms with Crippen molar-refractivity contribution in [3.05, 3.63) is 63.5 Å². The fourth-order valence-electron chi connectivity index (χ4n) is 1.78. The SMILES string of the molecule is O=c1c(C(=S)SCCCCl)c(Cl)ccn1-c1ccccc1. The molecule has 0 radical (unpaired) electrons. The molecule has 0 aliphatic heterocycles. The molecule has 0 aliphatic rings. The second-order valence-corrected chi connectivity index (χ2v) is 6.78. The van der Waals surface area contributed by atoms with Gasteiger partial charge in [0.25, 0.3) is 5.56 Å². The van der Waals surface area contributed by atoms with E-state index in [9.17, 15) is 4.79 Å². The van der Waals surface area contributed by atoms with Crippen molar-refractivity contribution in [2.24, 2.45) is 0 Å². The van der Waals surface area contributed by atoms with Crippen LogP contribution < -0.4 is 5.56 Å². The molecule has 21 heavy (non-hydrogen) atoms. The number of para-hydroxylation sites is 1. The summed E-state index contributed by atoms with van der Waals surface area (Å²) in [5.41, 5.74) is 0.976. The number of pyridine rings is 1. The first kappa shape index (κ1) is 16.6. The van der Waals surface area contributed by atoms with Gasteiger partial charge in [-0.15, -0.1) is 23.4 Å². The number of halogens is 2. The third-order valence-corrected chi connectivity index (χ3v) is 4.89. The highest BCUT2D eigenvalue weighted by atomic mass is 35.5. The Morgan fingerprint density at radius 2 is 1.95 bits per heavy atom. The highest BCUT2D eigenvalue weighted by Gasteiger charge is 2.14. The standard InChI is InChI=1S/C15H13Cl2NOS2/c16-8-4-10-21-15(20)13-12(17)7-9-18(14(13)19)11-5-2-1-3-6-11/h1-3,5-7,9H,4,8,10H2. The number of hydrogen-bond acceptors (Lipinski definition) is 3. The summed E-state index contributed by atoms with van der Waals surface area (Å²) in [4.78, 5) is 12.6. The van der Waals surface area contributed by atoms with Crippen molar-refractivity contribution in [3.63, 3.8) is 0 Å². The molecule has 110 valence electrons. The first-order valence-corrected chi connectivity index (χ1v) is 8.65. The molecule has 0 atom stereocenters. The van der Waals surface area contributed by atoms with Gasteiger partial charge in [-0.25, -0.2) is 0 Å². The van der Waals surface area contributed by atoms with E-state index in [0.717, 1.165) is 17.9 Å². The van der Waals surface area contributed by atoms with Crippen molar-refractivity contribution < 1.29 is 0 Å². The summed E-state index contributed by atoms with van der Waals surface area (Å²) in [5, 5.41) is 0.385. The zero-order chi connectivity index (χ0) is 15.2. The number of hydrogen-bond donors (Lipinski definition) is 0. The average Bonchev–Trinajstić information content (AvgIpc) is 2.48. The molecular weight excluding hydrogens is 345 g/mol. The van der Waals surface area contributed by atoms with Crippen molar-refractivity contribution in [2.75, 3.05) is 11.6 Å². The van der Waals surface area contributed by atoms with Crippen molar-refractivity contribution in [3.8, 4) is 5.69 Å². The van der Waals surface area contributed by atoms with Gasteiger partial charge in [0.15, 0.2) is 0 Å². The normalized spacial score (nSPS) is 10.6. The quantitative estimate of drug-likeness (QED) is 0.445. The molecule has 1 aromatic heterocycles. The van der Waals surface area contributed by atoms with Gasteiger partial charge < -0.3 is 0 Å². The lowest BCUT2D eigenvalue weighted by Crippen LogP contribution is -2.24. The Labute approximate surface area is 143 Å². The minimum Gasteiger partial charge on any atom is -0.284 e. The molecule has 2 aromatic rings. The van der Waals surface area contributed by atoms with E-state index in [1.54, 1.807) is 16.8 Å². The average molecular weight is 358 g/mol. The Hall–Kier alpha value is -0.810.